The van der Waals surface area contributed by atoms with E-state index < -0.39 is 0 Å². The maximum atomic E-state index is 12.7. The molecule has 2 atom stereocenters. The number of aromatic nitrogens is 4. The molecular formula is C16H24N6O. The Morgan fingerprint density at radius 1 is 1.35 bits per heavy atom. The Morgan fingerprint density at radius 2 is 2.04 bits per heavy atom. The van der Waals surface area contributed by atoms with Crippen molar-refractivity contribution in [1.29, 1.82) is 0 Å². The van der Waals surface area contributed by atoms with Crippen molar-refractivity contribution in [2.45, 2.75) is 45.1 Å². The van der Waals surface area contributed by atoms with Gasteiger partial charge in [0.25, 0.3) is 0 Å². The van der Waals surface area contributed by atoms with Gasteiger partial charge in [0.15, 0.2) is 5.65 Å². The van der Waals surface area contributed by atoms with Crippen molar-refractivity contribution in [1.82, 2.24) is 20.0 Å². The molecule has 0 saturated heterocycles. The lowest BCUT2D eigenvalue weighted by Gasteiger charge is -2.43. The summed E-state index contributed by atoms with van der Waals surface area (Å²) in [5, 5.41) is 15.5. The van der Waals surface area contributed by atoms with Gasteiger partial charge in [0, 0.05) is 19.0 Å². The highest BCUT2D eigenvalue weighted by Crippen LogP contribution is 2.42. The zero-order chi connectivity index (χ0) is 16.1. The highest BCUT2D eigenvalue weighted by Gasteiger charge is 2.40. The van der Waals surface area contributed by atoms with Crippen molar-refractivity contribution >= 4 is 22.8 Å². The third-order valence-electron chi connectivity index (χ3n) is 5.75. The SMILES string of the molecule is Cc1nn(C)c2n[nH]c(NC(=O)C3CC4CCCC(C3)C4N)c12. The van der Waals surface area contributed by atoms with E-state index in [0.29, 0.717) is 17.7 Å². The monoisotopic (exact) mass is 316 g/mol. The topological polar surface area (TPSA) is 102 Å². The first-order valence-electron chi connectivity index (χ1n) is 8.48. The number of fused-ring (bicyclic) bond motifs is 3. The number of carbonyl (C=O) groups excluding carboxylic acids is 1. The smallest absolute Gasteiger partial charge is 0.228 e. The number of anilines is 1. The van der Waals surface area contributed by atoms with E-state index in [1.165, 1.54) is 6.42 Å². The lowest BCUT2D eigenvalue weighted by atomic mass is 9.65. The molecule has 124 valence electrons. The Labute approximate surface area is 135 Å². The number of amides is 1. The molecule has 2 aliphatic carbocycles. The minimum atomic E-state index is 0.0560. The second kappa shape index (κ2) is 5.33. The van der Waals surface area contributed by atoms with Gasteiger partial charge < -0.3 is 11.1 Å². The molecule has 2 saturated carbocycles. The Kier molecular flexibility index (Phi) is 3.41. The van der Waals surface area contributed by atoms with Gasteiger partial charge in [-0.1, -0.05) is 6.42 Å². The van der Waals surface area contributed by atoms with E-state index in [0.717, 1.165) is 42.4 Å². The molecule has 0 aliphatic heterocycles. The predicted molar refractivity (Wildman–Crippen MR) is 87.8 cm³/mol. The zero-order valence-corrected chi connectivity index (χ0v) is 13.7. The highest BCUT2D eigenvalue weighted by atomic mass is 16.2. The van der Waals surface area contributed by atoms with Crippen molar-refractivity contribution in [3.05, 3.63) is 5.69 Å². The summed E-state index contributed by atoms with van der Waals surface area (Å²) in [5.41, 5.74) is 7.95. The normalized spacial score (nSPS) is 30.6. The Balaban J connectivity index is 1.53. The van der Waals surface area contributed by atoms with Crippen LogP contribution in [0.1, 0.15) is 37.8 Å². The molecular weight excluding hydrogens is 292 g/mol. The minimum absolute atomic E-state index is 0.0560. The van der Waals surface area contributed by atoms with Crippen LogP contribution >= 0.6 is 0 Å². The number of rotatable bonds is 2. The predicted octanol–water partition coefficient (Wildman–Crippen LogP) is 1.70. The lowest BCUT2D eigenvalue weighted by Crippen LogP contribution is -2.48. The molecule has 2 aromatic heterocycles. The quantitative estimate of drug-likeness (QED) is 0.784. The number of H-pyrrole nitrogens is 1. The van der Waals surface area contributed by atoms with Gasteiger partial charge in [-0.05, 0) is 44.4 Å². The van der Waals surface area contributed by atoms with E-state index in [1.807, 2.05) is 14.0 Å². The fourth-order valence-corrected chi connectivity index (χ4v) is 4.55. The lowest BCUT2D eigenvalue weighted by molar-refractivity contribution is -0.122. The van der Waals surface area contributed by atoms with Crippen LogP contribution in [-0.2, 0) is 11.8 Å². The summed E-state index contributed by atoms with van der Waals surface area (Å²) in [6, 6.07) is 0.284. The Hall–Kier alpha value is -1.89. The van der Waals surface area contributed by atoms with Crippen LogP contribution in [0.15, 0.2) is 0 Å². The molecule has 4 N–H and O–H groups in total. The summed E-state index contributed by atoms with van der Waals surface area (Å²) in [4.78, 5) is 12.7. The van der Waals surface area contributed by atoms with E-state index >= 15 is 0 Å². The molecule has 2 aliphatic rings. The van der Waals surface area contributed by atoms with E-state index in [2.05, 4.69) is 20.6 Å². The summed E-state index contributed by atoms with van der Waals surface area (Å²) >= 11 is 0. The van der Waals surface area contributed by atoms with E-state index in [9.17, 15) is 4.79 Å². The van der Waals surface area contributed by atoms with Gasteiger partial charge in [0.2, 0.25) is 5.91 Å². The van der Waals surface area contributed by atoms with Gasteiger partial charge in [-0.3, -0.25) is 9.89 Å². The maximum Gasteiger partial charge on any atom is 0.228 e. The largest absolute Gasteiger partial charge is 0.327 e. The van der Waals surface area contributed by atoms with Gasteiger partial charge in [0.05, 0.1) is 11.1 Å². The number of nitrogens with one attached hydrogen (secondary N) is 2. The van der Waals surface area contributed by atoms with E-state index in [4.69, 9.17) is 5.73 Å². The molecule has 4 rings (SSSR count). The molecule has 2 fully saturated rings. The van der Waals surface area contributed by atoms with Gasteiger partial charge in [0.1, 0.15) is 5.82 Å². The number of nitrogens with zero attached hydrogens (tertiary/aromatic N) is 3. The molecule has 2 aromatic rings. The molecule has 23 heavy (non-hydrogen) atoms. The summed E-state index contributed by atoms with van der Waals surface area (Å²) in [5.74, 6) is 1.80. The molecule has 2 unspecified atom stereocenters. The average Bonchev–Trinajstić information content (AvgIpc) is 3.01. The molecule has 0 spiro atoms. The number of nitrogens with two attached hydrogens (primary N) is 1. The van der Waals surface area contributed by atoms with Gasteiger partial charge >= 0.3 is 0 Å². The van der Waals surface area contributed by atoms with Gasteiger partial charge in [-0.25, -0.2) is 4.68 Å². The first kappa shape index (κ1) is 14.7. The van der Waals surface area contributed by atoms with Crippen LogP contribution in [0.4, 0.5) is 5.82 Å². The van der Waals surface area contributed by atoms with Crippen LogP contribution in [-0.4, -0.2) is 31.9 Å². The average molecular weight is 316 g/mol. The highest BCUT2D eigenvalue weighted by molar-refractivity contribution is 6.00. The summed E-state index contributed by atoms with van der Waals surface area (Å²) < 4.78 is 1.72. The molecule has 0 radical (unpaired) electrons. The number of hydrogen-bond acceptors (Lipinski definition) is 4. The molecule has 2 bridgehead atoms. The van der Waals surface area contributed by atoms with Crippen molar-refractivity contribution < 1.29 is 4.79 Å². The molecule has 0 aromatic carbocycles. The second-order valence-electron chi connectivity index (χ2n) is 7.19. The Morgan fingerprint density at radius 3 is 2.74 bits per heavy atom. The van der Waals surface area contributed by atoms with Crippen LogP contribution in [0.5, 0.6) is 0 Å². The van der Waals surface area contributed by atoms with Crippen LogP contribution in [0.2, 0.25) is 0 Å². The summed E-state index contributed by atoms with van der Waals surface area (Å²) in [6.07, 6.45) is 5.40. The third-order valence-corrected chi connectivity index (χ3v) is 5.75. The number of aromatic amines is 1. The summed E-state index contributed by atoms with van der Waals surface area (Å²) in [7, 11) is 1.85. The molecule has 2 heterocycles. The van der Waals surface area contributed by atoms with Crippen LogP contribution < -0.4 is 11.1 Å². The van der Waals surface area contributed by atoms with E-state index in [-0.39, 0.29) is 17.9 Å². The number of hydrogen-bond donors (Lipinski definition) is 3. The van der Waals surface area contributed by atoms with Crippen molar-refractivity contribution in [2.75, 3.05) is 5.32 Å². The van der Waals surface area contributed by atoms with Crippen LogP contribution in [0.3, 0.4) is 0 Å². The minimum Gasteiger partial charge on any atom is -0.327 e. The van der Waals surface area contributed by atoms with Crippen LogP contribution in [0, 0.1) is 24.7 Å². The first-order valence-corrected chi connectivity index (χ1v) is 8.48. The zero-order valence-electron chi connectivity index (χ0n) is 13.7. The third kappa shape index (κ3) is 2.34. The standard InChI is InChI=1S/C16H24N6O/c1-8-12-14(19-20-15(12)22(2)21-8)18-16(23)11-6-9-4-3-5-10(7-11)13(9)17/h9-11,13H,3-7,17H2,1-2H3,(H2,18,19,20,23). The number of aryl methyl sites for hydroxylation is 2. The first-order chi connectivity index (χ1) is 11.0. The summed E-state index contributed by atoms with van der Waals surface area (Å²) in [6.45, 7) is 1.93. The fraction of sp³-hybridized carbons (Fsp3) is 0.688. The van der Waals surface area contributed by atoms with Crippen molar-refractivity contribution in [2.24, 2.45) is 30.5 Å². The van der Waals surface area contributed by atoms with Gasteiger partial charge in [-0.2, -0.15) is 10.2 Å². The van der Waals surface area contributed by atoms with Gasteiger partial charge in [-0.15, -0.1) is 0 Å². The van der Waals surface area contributed by atoms with Crippen LogP contribution in [0.25, 0.3) is 11.0 Å². The Bertz CT molecular complexity index is 733. The maximum absolute atomic E-state index is 12.7. The fourth-order valence-electron chi connectivity index (χ4n) is 4.55. The molecule has 1 amide bonds. The molecule has 7 nitrogen and oxygen atoms in total. The second-order valence-corrected chi connectivity index (χ2v) is 7.19. The van der Waals surface area contributed by atoms with E-state index in [1.54, 1.807) is 4.68 Å². The van der Waals surface area contributed by atoms with Crippen molar-refractivity contribution in [3.63, 3.8) is 0 Å². The number of carbonyl (C=O) groups is 1. The van der Waals surface area contributed by atoms with Crippen molar-refractivity contribution in [3.8, 4) is 0 Å². The molecule has 7 heteroatoms.